The Labute approximate surface area is 180 Å². The zero-order valence-corrected chi connectivity index (χ0v) is 19.0. The third kappa shape index (κ3) is 4.45. The first-order chi connectivity index (χ1) is 14.4. The minimum absolute atomic E-state index is 0.0250. The van der Waals surface area contributed by atoms with E-state index in [0.29, 0.717) is 26.2 Å². The molecule has 1 aliphatic heterocycles. The minimum Gasteiger partial charge on any atom is -0.466 e. The minimum atomic E-state index is -0.227. The van der Waals surface area contributed by atoms with E-state index in [2.05, 4.69) is 56.5 Å². The Morgan fingerprint density at radius 3 is 2.60 bits per heavy atom. The highest BCUT2D eigenvalue weighted by atomic mass is 16.5. The Hall–Kier alpha value is -2.56. The molecule has 5 nitrogen and oxygen atoms in total. The van der Waals surface area contributed by atoms with E-state index < -0.39 is 0 Å². The van der Waals surface area contributed by atoms with Gasteiger partial charge in [-0.15, -0.1) is 0 Å². The highest BCUT2D eigenvalue weighted by molar-refractivity contribution is 5.95. The molecule has 30 heavy (non-hydrogen) atoms. The number of carbonyl (C=O) groups excluding carboxylic acids is 2. The lowest BCUT2D eigenvalue weighted by molar-refractivity contribution is -0.149. The average Bonchev–Trinajstić information content (AvgIpc) is 2.96. The Kier molecular flexibility index (Phi) is 7.01. The number of likely N-dealkylation sites (tertiary alicyclic amines) is 1. The lowest BCUT2D eigenvalue weighted by Gasteiger charge is -2.32. The number of carbonyl (C=O) groups is 2. The van der Waals surface area contributed by atoms with Gasteiger partial charge in [-0.25, -0.2) is 0 Å². The van der Waals surface area contributed by atoms with Crippen LogP contribution in [-0.2, 0) is 22.5 Å². The molecular formula is C25H34N2O3. The molecule has 0 aliphatic carbocycles. The summed E-state index contributed by atoms with van der Waals surface area (Å²) in [5.74, 6) is -0.390. The molecule has 5 heteroatoms. The van der Waals surface area contributed by atoms with Gasteiger partial charge in [-0.2, -0.15) is 0 Å². The van der Waals surface area contributed by atoms with Crippen molar-refractivity contribution in [3.05, 3.63) is 57.9 Å². The lowest BCUT2D eigenvalue weighted by atomic mass is 9.97. The van der Waals surface area contributed by atoms with E-state index in [1.165, 1.54) is 16.7 Å². The van der Waals surface area contributed by atoms with Crippen LogP contribution < -0.4 is 0 Å². The molecular weight excluding hydrogens is 376 g/mol. The monoisotopic (exact) mass is 410 g/mol. The summed E-state index contributed by atoms with van der Waals surface area (Å²) in [5.41, 5.74) is 6.61. The number of aromatic nitrogens is 1. The van der Waals surface area contributed by atoms with E-state index in [1.807, 2.05) is 11.8 Å². The smallest absolute Gasteiger partial charge is 0.310 e. The maximum Gasteiger partial charge on any atom is 0.310 e. The highest BCUT2D eigenvalue weighted by Crippen LogP contribution is 2.27. The summed E-state index contributed by atoms with van der Waals surface area (Å²) in [7, 11) is 0. The molecule has 0 radical (unpaired) electrons. The van der Waals surface area contributed by atoms with Crippen LogP contribution in [0.4, 0.5) is 0 Å². The molecule has 3 rings (SSSR count). The van der Waals surface area contributed by atoms with Crippen molar-refractivity contribution >= 4 is 11.9 Å². The number of aryl methyl sites for hydroxylation is 1. The van der Waals surface area contributed by atoms with Gasteiger partial charge in [0, 0.05) is 25.3 Å². The fourth-order valence-electron chi connectivity index (χ4n) is 4.70. The molecule has 2 heterocycles. The maximum absolute atomic E-state index is 13.7. The zero-order valence-electron chi connectivity index (χ0n) is 19.0. The first-order valence-corrected chi connectivity index (χ1v) is 11.1. The van der Waals surface area contributed by atoms with Gasteiger partial charge in [-0.1, -0.05) is 36.8 Å². The van der Waals surface area contributed by atoms with Gasteiger partial charge in [0.15, 0.2) is 0 Å². The number of piperidine rings is 1. The summed E-state index contributed by atoms with van der Waals surface area (Å²) in [6.07, 6.45) is 2.50. The normalized spacial score (nSPS) is 16.6. The number of benzene rings is 1. The van der Waals surface area contributed by atoms with E-state index in [9.17, 15) is 9.59 Å². The van der Waals surface area contributed by atoms with Crippen molar-refractivity contribution in [1.29, 1.82) is 0 Å². The van der Waals surface area contributed by atoms with Crippen LogP contribution in [-0.4, -0.2) is 41.0 Å². The second-order valence-electron chi connectivity index (χ2n) is 8.31. The van der Waals surface area contributed by atoms with Gasteiger partial charge in [-0.3, -0.25) is 9.59 Å². The molecule has 1 unspecified atom stereocenters. The van der Waals surface area contributed by atoms with Crippen molar-refractivity contribution in [1.82, 2.24) is 9.47 Å². The van der Waals surface area contributed by atoms with Gasteiger partial charge in [0.1, 0.15) is 5.69 Å². The lowest BCUT2D eigenvalue weighted by Crippen LogP contribution is -2.43. The average molecular weight is 411 g/mol. The molecule has 1 aromatic heterocycles. The summed E-state index contributed by atoms with van der Waals surface area (Å²) in [6, 6.07) is 8.43. The number of ether oxygens (including phenoxy) is 1. The first-order valence-electron chi connectivity index (χ1n) is 11.1. The number of hydrogen-bond acceptors (Lipinski definition) is 3. The summed E-state index contributed by atoms with van der Waals surface area (Å²) >= 11 is 0. The number of rotatable bonds is 6. The molecule has 0 spiro atoms. The van der Waals surface area contributed by atoms with Gasteiger partial charge >= 0.3 is 5.97 Å². The molecule has 162 valence electrons. The third-order valence-corrected chi connectivity index (χ3v) is 6.23. The maximum atomic E-state index is 13.7. The largest absolute Gasteiger partial charge is 0.466 e. The molecule has 1 atom stereocenters. The summed E-state index contributed by atoms with van der Waals surface area (Å²) in [5, 5.41) is 0. The second kappa shape index (κ2) is 9.50. The van der Waals surface area contributed by atoms with E-state index in [-0.39, 0.29) is 17.8 Å². The molecule has 0 saturated carbocycles. The predicted octanol–water partition coefficient (Wildman–Crippen LogP) is 4.44. The number of amides is 1. The fourth-order valence-corrected chi connectivity index (χ4v) is 4.70. The van der Waals surface area contributed by atoms with Crippen LogP contribution in [0, 0.1) is 26.7 Å². The molecule has 2 aromatic rings. The summed E-state index contributed by atoms with van der Waals surface area (Å²) < 4.78 is 7.38. The van der Waals surface area contributed by atoms with Crippen molar-refractivity contribution in [2.24, 2.45) is 5.92 Å². The zero-order chi connectivity index (χ0) is 21.8. The second-order valence-corrected chi connectivity index (χ2v) is 8.31. The van der Waals surface area contributed by atoms with E-state index in [4.69, 9.17) is 4.74 Å². The third-order valence-electron chi connectivity index (χ3n) is 6.23. The Morgan fingerprint density at radius 1 is 1.17 bits per heavy atom. The van der Waals surface area contributed by atoms with Gasteiger partial charge < -0.3 is 14.2 Å². The van der Waals surface area contributed by atoms with Crippen LogP contribution in [0.15, 0.2) is 24.3 Å². The quantitative estimate of drug-likeness (QED) is 0.662. The van der Waals surface area contributed by atoms with Crippen molar-refractivity contribution in [2.45, 2.75) is 60.4 Å². The van der Waals surface area contributed by atoms with Gasteiger partial charge in [-0.05, 0) is 63.6 Å². The van der Waals surface area contributed by atoms with Crippen LogP contribution >= 0.6 is 0 Å². The molecule has 0 bridgehead atoms. The molecule has 1 aromatic carbocycles. The Morgan fingerprint density at radius 2 is 1.93 bits per heavy atom. The Bertz CT molecular complexity index is 929. The predicted molar refractivity (Wildman–Crippen MR) is 119 cm³/mol. The van der Waals surface area contributed by atoms with Crippen LogP contribution in [0.1, 0.15) is 65.1 Å². The molecule has 0 N–H and O–H groups in total. The van der Waals surface area contributed by atoms with Crippen molar-refractivity contribution in [3.63, 3.8) is 0 Å². The van der Waals surface area contributed by atoms with Crippen LogP contribution in [0.3, 0.4) is 0 Å². The SMILES string of the molecule is CCOC(=O)C1CCCN(C(=O)c2c(C)c(CC)c(C)n2Cc2cccc(C)c2)C1. The standard InChI is InChI=1S/C25H34N2O3/c1-6-22-18(4)23(27(19(22)5)15-20-11-8-10-17(3)14-20)24(28)26-13-9-12-21(16-26)25(29)30-7-2/h8,10-11,14,21H,6-7,9,12-13,15-16H2,1-5H3. The van der Waals surface area contributed by atoms with Crippen LogP contribution in [0.2, 0.25) is 0 Å². The van der Waals surface area contributed by atoms with Crippen molar-refractivity contribution < 1.29 is 14.3 Å². The highest BCUT2D eigenvalue weighted by Gasteiger charge is 2.32. The molecule has 1 aliphatic rings. The number of hydrogen-bond donors (Lipinski definition) is 0. The van der Waals surface area contributed by atoms with E-state index in [0.717, 1.165) is 36.2 Å². The fraction of sp³-hybridized carbons (Fsp3) is 0.520. The van der Waals surface area contributed by atoms with Crippen LogP contribution in [0.5, 0.6) is 0 Å². The van der Waals surface area contributed by atoms with Gasteiger partial charge in [0.25, 0.3) is 5.91 Å². The molecule has 1 amide bonds. The molecule has 1 fully saturated rings. The van der Waals surface area contributed by atoms with Crippen LogP contribution in [0.25, 0.3) is 0 Å². The van der Waals surface area contributed by atoms with Crippen molar-refractivity contribution in [3.8, 4) is 0 Å². The van der Waals surface area contributed by atoms with Crippen molar-refractivity contribution in [2.75, 3.05) is 19.7 Å². The molecule has 1 saturated heterocycles. The van der Waals surface area contributed by atoms with E-state index >= 15 is 0 Å². The van der Waals surface area contributed by atoms with Gasteiger partial charge in [0.05, 0.1) is 12.5 Å². The topological polar surface area (TPSA) is 51.5 Å². The van der Waals surface area contributed by atoms with E-state index in [1.54, 1.807) is 0 Å². The summed E-state index contributed by atoms with van der Waals surface area (Å²) in [4.78, 5) is 27.8. The Balaban J connectivity index is 1.94. The number of nitrogens with zero attached hydrogens (tertiary/aromatic N) is 2. The number of esters is 1. The first kappa shape index (κ1) is 22.1. The summed E-state index contributed by atoms with van der Waals surface area (Å²) in [6.45, 7) is 12.4. The van der Waals surface area contributed by atoms with Gasteiger partial charge in [0.2, 0.25) is 0 Å².